The van der Waals surface area contributed by atoms with Gasteiger partial charge >= 0.3 is 0 Å². The lowest BCUT2D eigenvalue weighted by Gasteiger charge is -2.32. The summed E-state index contributed by atoms with van der Waals surface area (Å²) in [4.78, 5) is 17.5. The van der Waals surface area contributed by atoms with Gasteiger partial charge in [-0.1, -0.05) is 13.8 Å². The normalized spacial score (nSPS) is 24.9. The van der Waals surface area contributed by atoms with Crippen LogP contribution in [0.4, 0.5) is 0 Å². The molecule has 2 aliphatic rings. The molecule has 0 spiro atoms. The van der Waals surface area contributed by atoms with Gasteiger partial charge in [-0.2, -0.15) is 0 Å². The number of sulfone groups is 1. The summed E-state index contributed by atoms with van der Waals surface area (Å²) in [5.41, 5.74) is 1.25. The summed E-state index contributed by atoms with van der Waals surface area (Å²) in [6.45, 7) is 9.96. The van der Waals surface area contributed by atoms with Crippen LogP contribution in [0.3, 0.4) is 0 Å². The Morgan fingerprint density at radius 1 is 1.34 bits per heavy atom. The third-order valence-corrected chi connectivity index (χ3v) is 8.68. The van der Waals surface area contributed by atoms with Crippen molar-refractivity contribution in [2.45, 2.75) is 65.1 Å². The van der Waals surface area contributed by atoms with Gasteiger partial charge in [0.1, 0.15) is 0 Å². The van der Waals surface area contributed by atoms with Crippen molar-refractivity contribution >= 4 is 27.1 Å². The minimum atomic E-state index is -3.05. The highest BCUT2D eigenvalue weighted by Gasteiger charge is 2.36. The maximum absolute atomic E-state index is 13.2. The number of carbonyl (C=O) groups is 1. The zero-order chi connectivity index (χ0) is 21.2. The number of nitrogens with one attached hydrogen (secondary N) is 1. The SMILES string of the molecule is Cc1cc(C(NCC(=O)N(CC2CCCO2)C2CCS(=O)(=O)C2)C(C)C)c(C)s1. The summed E-state index contributed by atoms with van der Waals surface area (Å²) in [5.74, 6) is 0.552. The van der Waals surface area contributed by atoms with E-state index in [1.54, 1.807) is 16.2 Å². The molecule has 3 rings (SSSR count). The van der Waals surface area contributed by atoms with Crippen molar-refractivity contribution in [1.29, 1.82) is 0 Å². The second kappa shape index (κ2) is 9.45. The lowest BCUT2D eigenvalue weighted by molar-refractivity contribution is -0.134. The van der Waals surface area contributed by atoms with Crippen molar-refractivity contribution in [2.24, 2.45) is 5.92 Å². The summed E-state index contributed by atoms with van der Waals surface area (Å²) in [5, 5.41) is 3.46. The Morgan fingerprint density at radius 3 is 2.62 bits per heavy atom. The fraction of sp³-hybridized carbons (Fsp3) is 0.762. The van der Waals surface area contributed by atoms with Crippen LogP contribution in [-0.2, 0) is 19.4 Å². The van der Waals surface area contributed by atoms with Crippen LogP contribution in [-0.4, -0.2) is 62.6 Å². The molecule has 2 fully saturated rings. The molecule has 0 aliphatic carbocycles. The summed E-state index contributed by atoms with van der Waals surface area (Å²) < 4.78 is 29.7. The largest absolute Gasteiger partial charge is 0.376 e. The molecule has 29 heavy (non-hydrogen) atoms. The van der Waals surface area contributed by atoms with Crippen molar-refractivity contribution in [3.63, 3.8) is 0 Å². The van der Waals surface area contributed by atoms with Gasteiger partial charge in [0.05, 0.1) is 24.2 Å². The number of rotatable bonds is 8. The van der Waals surface area contributed by atoms with Gasteiger partial charge in [-0.25, -0.2) is 8.42 Å². The third-order valence-electron chi connectivity index (χ3n) is 5.95. The Balaban J connectivity index is 1.70. The first-order chi connectivity index (χ1) is 13.7. The average molecular weight is 443 g/mol. The first-order valence-electron chi connectivity index (χ1n) is 10.6. The minimum Gasteiger partial charge on any atom is -0.376 e. The molecule has 2 aliphatic heterocycles. The maximum Gasteiger partial charge on any atom is 0.236 e. The van der Waals surface area contributed by atoms with Crippen LogP contribution >= 0.6 is 11.3 Å². The zero-order valence-electron chi connectivity index (χ0n) is 17.9. The number of nitrogens with zero attached hydrogens (tertiary/aromatic N) is 1. The van der Waals surface area contributed by atoms with E-state index >= 15 is 0 Å². The standard InChI is InChI=1S/C21H34N2O4S2/c1-14(2)21(19-10-15(3)28-16(19)4)22-11-20(24)23(12-18-6-5-8-27-18)17-7-9-29(25,26)13-17/h10,14,17-18,21-22H,5-9,11-13H2,1-4H3. The van der Waals surface area contributed by atoms with Crippen molar-refractivity contribution in [1.82, 2.24) is 10.2 Å². The molecule has 164 valence electrons. The van der Waals surface area contributed by atoms with Gasteiger partial charge in [-0.05, 0) is 50.7 Å². The second-order valence-corrected chi connectivity index (χ2v) is 12.4. The molecule has 3 unspecified atom stereocenters. The first-order valence-corrected chi connectivity index (χ1v) is 13.2. The van der Waals surface area contributed by atoms with Gasteiger partial charge in [-0.3, -0.25) is 4.79 Å². The molecule has 0 saturated carbocycles. The molecule has 1 aromatic heterocycles. The van der Waals surface area contributed by atoms with Crippen molar-refractivity contribution in [3.05, 3.63) is 21.4 Å². The highest BCUT2D eigenvalue weighted by molar-refractivity contribution is 7.91. The fourth-order valence-electron chi connectivity index (χ4n) is 4.45. The molecule has 0 bridgehead atoms. The summed E-state index contributed by atoms with van der Waals surface area (Å²) >= 11 is 1.78. The minimum absolute atomic E-state index is 0.0184. The average Bonchev–Trinajstić information content (AvgIpc) is 3.34. The Hall–Kier alpha value is -0.960. The molecule has 3 heterocycles. The lowest BCUT2D eigenvalue weighted by Crippen LogP contribution is -2.49. The molecule has 0 aromatic carbocycles. The number of carbonyl (C=O) groups excluding carboxylic acids is 1. The van der Waals surface area contributed by atoms with Gasteiger partial charge in [0, 0.05) is 35.0 Å². The highest BCUT2D eigenvalue weighted by atomic mass is 32.2. The molecule has 1 amide bonds. The van der Waals surface area contributed by atoms with Crippen LogP contribution in [0, 0.1) is 19.8 Å². The van der Waals surface area contributed by atoms with Gasteiger partial charge in [-0.15, -0.1) is 11.3 Å². The third kappa shape index (κ3) is 5.81. The van der Waals surface area contributed by atoms with E-state index in [-0.39, 0.29) is 42.1 Å². The number of hydrogen-bond acceptors (Lipinski definition) is 6. The summed E-state index contributed by atoms with van der Waals surface area (Å²) in [6.07, 6.45) is 2.47. The predicted octanol–water partition coefficient (Wildman–Crippen LogP) is 2.85. The maximum atomic E-state index is 13.2. The van der Waals surface area contributed by atoms with E-state index in [0.717, 1.165) is 19.4 Å². The van der Waals surface area contributed by atoms with Crippen LogP contribution in [0.1, 0.15) is 54.5 Å². The van der Waals surface area contributed by atoms with Crippen LogP contribution in [0.25, 0.3) is 0 Å². The number of ether oxygens (including phenoxy) is 1. The fourth-order valence-corrected chi connectivity index (χ4v) is 7.15. The van der Waals surface area contributed by atoms with E-state index in [2.05, 4.69) is 39.1 Å². The highest BCUT2D eigenvalue weighted by Crippen LogP contribution is 2.30. The smallest absolute Gasteiger partial charge is 0.236 e. The van der Waals surface area contributed by atoms with Gasteiger partial charge in [0.2, 0.25) is 5.91 Å². The zero-order valence-corrected chi connectivity index (χ0v) is 19.6. The van der Waals surface area contributed by atoms with Gasteiger partial charge in [0.15, 0.2) is 9.84 Å². The first kappa shape index (κ1) is 22.7. The second-order valence-electron chi connectivity index (χ2n) is 8.71. The molecule has 1 N–H and O–H groups in total. The van der Waals surface area contributed by atoms with Crippen LogP contribution in [0.2, 0.25) is 0 Å². The molecule has 3 atom stereocenters. The topological polar surface area (TPSA) is 75.7 Å². The van der Waals surface area contributed by atoms with E-state index in [9.17, 15) is 13.2 Å². The van der Waals surface area contributed by atoms with Gasteiger partial charge in [0.25, 0.3) is 0 Å². The van der Waals surface area contributed by atoms with Crippen molar-refractivity contribution < 1.29 is 17.9 Å². The molecule has 2 saturated heterocycles. The quantitative estimate of drug-likeness (QED) is 0.670. The molecule has 0 radical (unpaired) electrons. The summed E-state index contributed by atoms with van der Waals surface area (Å²) in [6, 6.07) is 2.07. The lowest BCUT2D eigenvalue weighted by atomic mass is 9.96. The Kier molecular flexibility index (Phi) is 7.41. The predicted molar refractivity (Wildman–Crippen MR) is 117 cm³/mol. The molecule has 6 nitrogen and oxygen atoms in total. The van der Waals surface area contributed by atoms with E-state index in [0.29, 0.717) is 18.9 Å². The van der Waals surface area contributed by atoms with Crippen LogP contribution in [0.5, 0.6) is 0 Å². The van der Waals surface area contributed by atoms with E-state index in [4.69, 9.17) is 4.74 Å². The van der Waals surface area contributed by atoms with Crippen molar-refractivity contribution in [2.75, 3.05) is 31.2 Å². The Bertz CT molecular complexity index is 813. The molecule has 1 aromatic rings. The number of amides is 1. The van der Waals surface area contributed by atoms with Gasteiger partial charge < -0.3 is 15.0 Å². The summed E-state index contributed by atoms with van der Waals surface area (Å²) in [7, 11) is -3.05. The number of thiophene rings is 1. The Labute approximate surface area is 178 Å². The van der Waals surface area contributed by atoms with Crippen LogP contribution in [0.15, 0.2) is 6.07 Å². The number of aryl methyl sites for hydroxylation is 2. The molecular weight excluding hydrogens is 408 g/mol. The van der Waals surface area contributed by atoms with E-state index in [1.165, 1.54) is 15.3 Å². The number of hydrogen-bond donors (Lipinski definition) is 1. The van der Waals surface area contributed by atoms with Crippen LogP contribution < -0.4 is 5.32 Å². The van der Waals surface area contributed by atoms with E-state index < -0.39 is 9.84 Å². The Morgan fingerprint density at radius 2 is 2.10 bits per heavy atom. The molecule has 8 heteroatoms. The van der Waals surface area contributed by atoms with E-state index in [1.807, 2.05) is 0 Å². The molecular formula is C21H34N2O4S2. The van der Waals surface area contributed by atoms with Crippen molar-refractivity contribution in [3.8, 4) is 0 Å². The monoisotopic (exact) mass is 442 g/mol.